The molecule has 0 saturated carbocycles. The molecule has 0 aromatic rings. The smallest absolute Gasteiger partial charge is 0.0623 e. The van der Waals surface area contributed by atoms with E-state index in [1.807, 2.05) is 13.8 Å². The Morgan fingerprint density at radius 3 is 2.56 bits per heavy atom. The van der Waals surface area contributed by atoms with Crippen LogP contribution in [0.4, 0.5) is 0 Å². The first-order valence-corrected chi connectivity index (χ1v) is 6.13. The van der Waals surface area contributed by atoms with Crippen molar-refractivity contribution in [1.29, 1.82) is 0 Å². The summed E-state index contributed by atoms with van der Waals surface area (Å²) in [5.74, 6) is 0.632. The van der Waals surface area contributed by atoms with E-state index in [9.17, 15) is 5.21 Å². The minimum absolute atomic E-state index is 0.244. The topological polar surface area (TPSA) is 32.7 Å². The molecular weight excluding hydrogens is 202 g/mol. The Balaban J connectivity index is 2.13. The molecule has 1 N–H and O–H groups in total. The van der Waals surface area contributed by atoms with E-state index in [-0.39, 0.29) is 11.1 Å². The molecule has 2 rings (SSSR count). The quantitative estimate of drug-likeness (QED) is 0.733. The molecule has 2 aliphatic rings. The van der Waals surface area contributed by atoms with Gasteiger partial charge in [-0.15, -0.1) is 0 Å². The van der Waals surface area contributed by atoms with Crippen molar-refractivity contribution in [3.63, 3.8) is 0 Å². The van der Waals surface area contributed by atoms with E-state index >= 15 is 0 Å². The van der Waals surface area contributed by atoms with Crippen LogP contribution in [0, 0.1) is 5.92 Å². The fourth-order valence-corrected chi connectivity index (χ4v) is 2.88. The molecular formula is C13H23NO2. The summed E-state index contributed by atoms with van der Waals surface area (Å²) in [5.41, 5.74) is 0.847. The zero-order valence-electron chi connectivity index (χ0n) is 10.8. The van der Waals surface area contributed by atoms with Crippen molar-refractivity contribution >= 4 is 0 Å². The molecule has 3 nitrogen and oxygen atoms in total. The van der Waals surface area contributed by atoms with Crippen molar-refractivity contribution in [2.75, 3.05) is 13.2 Å². The third-order valence-corrected chi connectivity index (χ3v) is 3.92. The van der Waals surface area contributed by atoms with Crippen molar-refractivity contribution in [2.24, 2.45) is 5.92 Å². The molecule has 2 aliphatic heterocycles. The molecule has 3 heteroatoms. The van der Waals surface area contributed by atoms with Gasteiger partial charge in [0, 0.05) is 13.2 Å². The molecule has 0 spiro atoms. The average Bonchev–Trinajstić information content (AvgIpc) is 2.72. The van der Waals surface area contributed by atoms with Gasteiger partial charge in [0.1, 0.15) is 0 Å². The molecule has 1 saturated heterocycles. The van der Waals surface area contributed by atoms with Crippen molar-refractivity contribution in [3.8, 4) is 0 Å². The van der Waals surface area contributed by atoms with Gasteiger partial charge in [-0.1, -0.05) is 6.08 Å². The predicted molar refractivity (Wildman–Crippen MR) is 63.4 cm³/mol. The third kappa shape index (κ3) is 1.92. The summed E-state index contributed by atoms with van der Waals surface area (Å²) in [6.07, 6.45) is 4.41. The first kappa shape index (κ1) is 12.1. The molecule has 0 aromatic carbocycles. The van der Waals surface area contributed by atoms with Crippen LogP contribution in [0.1, 0.15) is 40.5 Å². The molecule has 1 fully saturated rings. The van der Waals surface area contributed by atoms with Crippen LogP contribution in [-0.4, -0.2) is 34.6 Å². The number of nitrogens with zero attached hydrogens (tertiary/aromatic N) is 1. The van der Waals surface area contributed by atoms with Crippen molar-refractivity contribution in [3.05, 3.63) is 11.6 Å². The van der Waals surface area contributed by atoms with E-state index in [2.05, 4.69) is 19.9 Å². The van der Waals surface area contributed by atoms with Gasteiger partial charge in [-0.3, -0.25) is 0 Å². The van der Waals surface area contributed by atoms with E-state index in [1.54, 1.807) is 0 Å². The fraction of sp³-hybridized carbons (Fsp3) is 0.846. The highest BCUT2D eigenvalue weighted by Crippen LogP contribution is 2.41. The maximum Gasteiger partial charge on any atom is 0.0623 e. The molecule has 1 atom stereocenters. The summed E-state index contributed by atoms with van der Waals surface area (Å²) in [4.78, 5) is 0. The zero-order chi connectivity index (χ0) is 12.0. The highest BCUT2D eigenvalue weighted by atomic mass is 16.5. The highest BCUT2D eigenvalue weighted by Gasteiger charge is 2.45. The summed E-state index contributed by atoms with van der Waals surface area (Å²) >= 11 is 0. The lowest BCUT2D eigenvalue weighted by Crippen LogP contribution is -2.47. The monoisotopic (exact) mass is 225 g/mol. The van der Waals surface area contributed by atoms with Crippen LogP contribution in [0.5, 0.6) is 0 Å². The number of hydroxylamine groups is 2. The van der Waals surface area contributed by atoms with Crippen LogP contribution in [0.15, 0.2) is 11.6 Å². The average molecular weight is 225 g/mol. The van der Waals surface area contributed by atoms with Crippen LogP contribution >= 0.6 is 0 Å². The number of hydrogen-bond donors (Lipinski definition) is 1. The molecule has 0 bridgehead atoms. The first-order valence-electron chi connectivity index (χ1n) is 6.13. The second-order valence-electron chi connectivity index (χ2n) is 6.13. The van der Waals surface area contributed by atoms with Gasteiger partial charge in [-0.2, -0.15) is 5.06 Å². The van der Waals surface area contributed by atoms with Crippen molar-refractivity contribution < 1.29 is 9.94 Å². The van der Waals surface area contributed by atoms with Gasteiger partial charge in [-0.25, -0.2) is 0 Å². The van der Waals surface area contributed by atoms with Gasteiger partial charge in [0.2, 0.25) is 0 Å². The molecule has 16 heavy (non-hydrogen) atoms. The zero-order valence-corrected chi connectivity index (χ0v) is 10.8. The van der Waals surface area contributed by atoms with Crippen molar-refractivity contribution in [1.82, 2.24) is 5.06 Å². The number of hydrogen-bond acceptors (Lipinski definition) is 3. The maximum atomic E-state index is 10.2. The van der Waals surface area contributed by atoms with E-state index in [4.69, 9.17) is 4.74 Å². The van der Waals surface area contributed by atoms with Gasteiger partial charge < -0.3 is 9.94 Å². The number of rotatable bonds is 2. The van der Waals surface area contributed by atoms with E-state index in [0.717, 1.165) is 26.1 Å². The summed E-state index contributed by atoms with van der Waals surface area (Å²) in [7, 11) is 0. The molecule has 0 aromatic heterocycles. The molecule has 92 valence electrons. The Hall–Kier alpha value is -0.380. The van der Waals surface area contributed by atoms with Crippen LogP contribution in [0.25, 0.3) is 0 Å². The van der Waals surface area contributed by atoms with Gasteiger partial charge in [0.25, 0.3) is 0 Å². The SMILES string of the molecule is CC1(C)C=C(CC2CCOC2)C(C)(C)N1O. The van der Waals surface area contributed by atoms with Crippen LogP contribution in [0.3, 0.4) is 0 Å². The normalized spacial score (nSPS) is 33.1. The van der Waals surface area contributed by atoms with Gasteiger partial charge in [-0.05, 0) is 52.0 Å². The second kappa shape index (κ2) is 3.83. The van der Waals surface area contributed by atoms with Gasteiger partial charge >= 0.3 is 0 Å². The van der Waals surface area contributed by atoms with Crippen LogP contribution in [-0.2, 0) is 4.74 Å². The van der Waals surface area contributed by atoms with Crippen LogP contribution < -0.4 is 0 Å². The van der Waals surface area contributed by atoms with Gasteiger partial charge in [0.05, 0.1) is 11.1 Å². The maximum absolute atomic E-state index is 10.2. The van der Waals surface area contributed by atoms with Gasteiger partial charge in [0.15, 0.2) is 0 Å². The molecule has 0 aliphatic carbocycles. The minimum Gasteiger partial charge on any atom is -0.381 e. The highest BCUT2D eigenvalue weighted by molar-refractivity contribution is 5.29. The Morgan fingerprint density at radius 1 is 1.44 bits per heavy atom. The standard InChI is InChI=1S/C13H23NO2/c1-12(2)8-11(13(3,4)14(12)15)7-10-5-6-16-9-10/h8,10,15H,5-7,9H2,1-4H3. The lowest BCUT2D eigenvalue weighted by molar-refractivity contribution is -0.185. The predicted octanol–water partition coefficient (Wildman–Crippen LogP) is 2.60. The van der Waals surface area contributed by atoms with E-state index in [1.165, 1.54) is 10.6 Å². The fourth-order valence-electron chi connectivity index (χ4n) is 2.88. The largest absolute Gasteiger partial charge is 0.381 e. The van der Waals surface area contributed by atoms with Crippen LogP contribution in [0.2, 0.25) is 0 Å². The Labute approximate surface area is 98.0 Å². The summed E-state index contributed by atoms with van der Waals surface area (Å²) in [6, 6.07) is 0. The van der Waals surface area contributed by atoms with E-state index in [0.29, 0.717) is 5.92 Å². The lowest BCUT2D eigenvalue weighted by atomic mass is 9.88. The Kier molecular flexibility index (Phi) is 2.89. The molecule has 0 radical (unpaired) electrons. The summed E-state index contributed by atoms with van der Waals surface area (Å²) in [6.45, 7) is 10.0. The first-order chi connectivity index (χ1) is 7.34. The third-order valence-electron chi connectivity index (χ3n) is 3.92. The Bertz CT molecular complexity index is 301. The summed E-state index contributed by atoms with van der Waals surface area (Å²) in [5, 5.41) is 11.7. The Morgan fingerprint density at radius 2 is 2.12 bits per heavy atom. The number of ether oxygens (including phenoxy) is 1. The van der Waals surface area contributed by atoms with Crippen molar-refractivity contribution in [2.45, 2.75) is 51.6 Å². The summed E-state index contributed by atoms with van der Waals surface area (Å²) < 4.78 is 5.41. The lowest BCUT2D eigenvalue weighted by Gasteiger charge is -2.36. The van der Waals surface area contributed by atoms with E-state index < -0.39 is 0 Å². The minimum atomic E-state index is -0.252. The molecule has 1 unspecified atom stereocenters. The molecule has 2 heterocycles. The second-order valence-corrected chi connectivity index (χ2v) is 6.13. The molecule has 0 amide bonds.